The summed E-state index contributed by atoms with van der Waals surface area (Å²) in [5.41, 5.74) is -1.99. The molecule has 3 aromatic rings. The summed E-state index contributed by atoms with van der Waals surface area (Å²) < 4.78 is 111. The van der Waals surface area contributed by atoms with Crippen LogP contribution >= 0.6 is 0 Å². The van der Waals surface area contributed by atoms with Gasteiger partial charge in [-0.25, -0.2) is 31.3 Å². The number of halogens is 6. The summed E-state index contributed by atoms with van der Waals surface area (Å²) in [5.74, 6) is -1.06. The van der Waals surface area contributed by atoms with Crippen molar-refractivity contribution in [3.05, 3.63) is 53.5 Å². The van der Waals surface area contributed by atoms with Gasteiger partial charge in [-0.2, -0.15) is 13.2 Å². The lowest BCUT2D eigenvalue weighted by Gasteiger charge is -2.20. The Balaban J connectivity index is 1.89. The largest absolute Gasteiger partial charge is 0.417 e. The summed E-state index contributed by atoms with van der Waals surface area (Å²) in [6.07, 6.45) is -5.79. The second kappa shape index (κ2) is 9.05. The maximum Gasteiger partial charge on any atom is 0.417 e. The van der Waals surface area contributed by atoms with Gasteiger partial charge in [0.25, 0.3) is 6.43 Å². The molecule has 5 nitrogen and oxygen atoms in total. The van der Waals surface area contributed by atoms with Crippen molar-refractivity contribution in [2.75, 3.05) is 0 Å². The Morgan fingerprint density at radius 2 is 1.78 bits per heavy atom. The molecule has 0 radical (unpaired) electrons. The molecule has 0 unspecified atom stereocenters. The van der Waals surface area contributed by atoms with Crippen LogP contribution in [0.25, 0.3) is 22.3 Å². The highest BCUT2D eigenvalue weighted by molar-refractivity contribution is 7.90. The lowest BCUT2D eigenvalue weighted by atomic mass is 9.97. The van der Waals surface area contributed by atoms with E-state index in [1.54, 1.807) is 0 Å². The molecule has 0 amide bonds. The lowest BCUT2D eigenvalue weighted by Crippen LogP contribution is -2.35. The average Bonchev–Trinajstić information content (AvgIpc) is 3.55. The molecule has 1 aliphatic rings. The van der Waals surface area contributed by atoms with E-state index in [0.717, 1.165) is 12.1 Å². The molecule has 0 aliphatic heterocycles. The number of nitrogens with zero attached hydrogens (tertiary/aromatic N) is 2. The molecule has 0 saturated heterocycles. The molecule has 196 valence electrons. The van der Waals surface area contributed by atoms with Crippen LogP contribution in [0.3, 0.4) is 0 Å². The van der Waals surface area contributed by atoms with Crippen LogP contribution in [0.4, 0.5) is 26.3 Å². The third-order valence-corrected chi connectivity index (χ3v) is 7.73. The fourth-order valence-corrected chi connectivity index (χ4v) is 5.63. The number of sulfonamides is 1. The monoisotopic (exact) mass is 533 g/mol. The van der Waals surface area contributed by atoms with E-state index < -0.39 is 45.3 Å². The van der Waals surface area contributed by atoms with Crippen LogP contribution in [-0.4, -0.2) is 29.6 Å². The van der Waals surface area contributed by atoms with Crippen LogP contribution in [0.5, 0.6) is 0 Å². The first kappa shape index (κ1) is 26.5. The Morgan fingerprint density at radius 3 is 2.33 bits per heavy atom. The summed E-state index contributed by atoms with van der Waals surface area (Å²) in [5, 5.41) is -0.534. The highest BCUT2D eigenvalue weighted by Crippen LogP contribution is 2.39. The zero-order chi connectivity index (χ0) is 26.6. The van der Waals surface area contributed by atoms with E-state index in [-0.39, 0.29) is 39.8 Å². The van der Waals surface area contributed by atoms with Gasteiger partial charge in [0.05, 0.1) is 16.5 Å². The van der Waals surface area contributed by atoms with E-state index >= 15 is 0 Å². The normalized spacial score (nSPS) is 16.2. The third-order valence-electron chi connectivity index (χ3n) is 5.80. The maximum atomic E-state index is 14.1. The van der Waals surface area contributed by atoms with Crippen LogP contribution in [0.15, 0.2) is 36.5 Å². The number of fused-ring (bicyclic) bond motifs is 1. The first-order valence-electron chi connectivity index (χ1n) is 11.2. The molecule has 36 heavy (non-hydrogen) atoms. The Hall–Kier alpha value is -2.60. The number of nitrogens with one attached hydrogen (secondary N) is 1. The molecule has 1 aromatic carbocycles. The van der Waals surface area contributed by atoms with E-state index in [1.807, 2.05) is 20.8 Å². The number of hydrogen-bond donors (Lipinski definition) is 1. The predicted octanol–water partition coefficient (Wildman–Crippen LogP) is 6.30. The van der Waals surface area contributed by atoms with Gasteiger partial charge in [0.15, 0.2) is 0 Å². The molecule has 4 rings (SSSR count). The van der Waals surface area contributed by atoms with Gasteiger partial charge in [0.1, 0.15) is 17.5 Å². The molecule has 1 atom stereocenters. The molecule has 12 heteroatoms. The average molecular weight is 534 g/mol. The van der Waals surface area contributed by atoms with E-state index in [4.69, 9.17) is 0 Å². The van der Waals surface area contributed by atoms with Crippen LogP contribution < -0.4 is 4.72 Å². The first-order chi connectivity index (χ1) is 16.6. The standard InChI is InChI=1S/C24H25F6N3O2S/c1-23(2,3)12-33-11-17(20(21(26)27)32-36(34,35)14-5-6-14)15-8-9-19(31-22(15)33)16-7-4-13(25)10-18(16)24(28,29)30/h4,7-11,14,20-21,32H,5-6,12H2,1-3H3/t20-/m0/s1. The Morgan fingerprint density at radius 1 is 1.11 bits per heavy atom. The molecule has 2 aromatic heterocycles. The summed E-state index contributed by atoms with van der Waals surface area (Å²) in [6, 6.07) is 2.94. The third kappa shape index (κ3) is 5.54. The van der Waals surface area contributed by atoms with E-state index in [9.17, 15) is 34.8 Å². The zero-order valence-corrected chi connectivity index (χ0v) is 20.5. The quantitative estimate of drug-likeness (QED) is 0.363. The highest BCUT2D eigenvalue weighted by atomic mass is 32.2. The molecular weight excluding hydrogens is 508 g/mol. The number of aromatic nitrogens is 2. The van der Waals surface area contributed by atoms with Crippen molar-refractivity contribution in [1.82, 2.24) is 14.3 Å². The molecule has 0 bridgehead atoms. The summed E-state index contributed by atoms with van der Waals surface area (Å²) in [4.78, 5) is 4.36. The minimum atomic E-state index is -4.85. The number of alkyl halides is 5. The second-order valence-corrected chi connectivity index (χ2v) is 12.2. The van der Waals surface area contributed by atoms with E-state index in [1.165, 1.54) is 22.9 Å². The smallest absolute Gasteiger partial charge is 0.332 e. The Labute approximate surface area is 204 Å². The zero-order valence-electron chi connectivity index (χ0n) is 19.7. The van der Waals surface area contributed by atoms with Crippen LogP contribution in [0.1, 0.15) is 50.8 Å². The van der Waals surface area contributed by atoms with Crippen LogP contribution in [-0.2, 0) is 22.7 Å². The second-order valence-electron chi connectivity index (χ2n) is 10.2. The van der Waals surface area contributed by atoms with Gasteiger partial charge < -0.3 is 4.57 Å². The molecule has 1 aliphatic carbocycles. The molecule has 0 spiro atoms. The summed E-state index contributed by atoms with van der Waals surface area (Å²) in [6.45, 7) is 5.90. The van der Waals surface area contributed by atoms with E-state index in [2.05, 4.69) is 9.71 Å². The minimum absolute atomic E-state index is 0.0253. The van der Waals surface area contributed by atoms with Gasteiger partial charge in [0.2, 0.25) is 10.0 Å². The summed E-state index contributed by atoms with van der Waals surface area (Å²) >= 11 is 0. The Bertz CT molecular complexity index is 1390. The van der Waals surface area contributed by atoms with Gasteiger partial charge in [-0.15, -0.1) is 0 Å². The van der Waals surface area contributed by atoms with Gasteiger partial charge >= 0.3 is 6.18 Å². The predicted molar refractivity (Wildman–Crippen MR) is 123 cm³/mol. The number of benzene rings is 1. The van der Waals surface area contributed by atoms with Crippen molar-refractivity contribution in [3.63, 3.8) is 0 Å². The Kier molecular flexibility index (Phi) is 6.66. The van der Waals surface area contributed by atoms with Crippen molar-refractivity contribution in [1.29, 1.82) is 0 Å². The highest BCUT2D eigenvalue weighted by Gasteiger charge is 2.40. The fourth-order valence-electron chi connectivity index (χ4n) is 4.10. The molecular formula is C24H25F6N3O2S. The van der Waals surface area contributed by atoms with Crippen molar-refractivity contribution >= 4 is 21.1 Å². The van der Waals surface area contributed by atoms with Crippen molar-refractivity contribution in [2.24, 2.45) is 5.41 Å². The molecule has 2 heterocycles. The van der Waals surface area contributed by atoms with Crippen LogP contribution in [0, 0.1) is 11.2 Å². The topological polar surface area (TPSA) is 64.0 Å². The molecule has 1 N–H and O–H groups in total. The van der Waals surface area contributed by atoms with E-state index in [0.29, 0.717) is 18.9 Å². The molecule has 1 fully saturated rings. The SMILES string of the molecule is CC(C)(C)Cn1cc([C@H](NS(=O)(=O)C2CC2)C(F)F)c2ccc(-c3ccc(F)cc3C(F)(F)F)nc21. The van der Waals surface area contributed by atoms with Gasteiger partial charge in [-0.3, -0.25) is 0 Å². The van der Waals surface area contributed by atoms with Gasteiger partial charge in [-0.05, 0) is 48.6 Å². The van der Waals surface area contributed by atoms with Gasteiger partial charge in [-0.1, -0.05) is 20.8 Å². The van der Waals surface area contributed by atoms with Crippen molar-refractivity contribution in [2.45, 2.75) is 64.1 Å². The number of hydrogen-bond acceptors (Lipinski definition) is 3. The number of pyridine rings is 1. The minimum Gasteiger partial charge on any atom is -0.332 e. The molecule has 1 saturated carbocycles. The number of rotatable bonds is 7. The summed E-state index contributed by atoms with van der Waals surface area (Å²) in [7, 11) is -3.97. The van der Waals surface area contributed by atoms with Crippen LogP contribution in [0.2, 0.25) is 0 Å². The van der Waals surface area contributed by atoms with Crippen molar-refractivity contribution in [3.8, 4) is 11.3 Å². The lowest BCUT2D eigenvalue weighted by molar-refractivity contribution is -0.137. The maximum absolute atomic E-state index is 14.1. The van der Waals surface area contributed by atoms with Gasteiger partial charge in [0, 0.05) is 29.3 Å². The van der Waals surface area contributed by atoms with Crippen molar-refractivity contribution < 1.29 is 34.8 Å². The first-order valence-corrected chi connectivity index (χ1v) is 12.8. The fraction of sp³-hybridized carbons (Fsp3) is 0.458.